The van der Waals surface area contributed by atoms with Gasteiger partial charge in [0, 0.05) is 12.0 Å². The molecule has 1 amide bonds. The maximum atomic E-state index is 13.1. The zero-order chi connectivity index (χ0) is 20.3. The summed E-state index contributed by atoms with van der Waals surface area (Å²) in [6.07, 6.45) is 0.507. The molecule has 3 rings (SSSR count). The topological polar surface area (TPSA) is 85.9 Å². The lowest BCUT2D eigenvalue weighted by atomic mass is 9.94. The summed E-state index contributed by atoms with van der Waals surface area (Å²) >= 11 is 0. The van der Waals surface area contributed by atoms with Gasteiger partial charge in [-0.1, -0.05) is 29.4 Å². The summed E-state index contributed by atoms with van der Waals surface area (Å²) in [7, 11) is 1.47. The monoisotopic (exact) mass is 377 g/mol. The van der Waals surface area contributed by atoms with Crippen molar-refractivity contribution < 1.29 is 14.7 Å². The molecule has 2 aromatic carbocycles. The number of aliphatic hydroxyl groups excluding tert-OH is 1. The van der Waals surface area contributed by atoms with E-state index < -0.39 is 0 Å². The van der Waals surface area contributed by atoms with Gasteiger partial charge in [-0.2, -0.15) is 5.26 Å². The summed E-state index contributed by atoms with van der Waals surface area (Å²) in [4.78, 5) is 19.5. The normalized spacial score (nSPS) is 17.6. The first-order valence-corrected chi connectivity index (χ1v) is 9.11. The molecule has 0 saturated carbocycles. The summed E-state index contributed by atoms with van der Waals surface area (Å²) in [6.45, 7) is 4.05. The summed E-state index contributed by atoms with van der Waals surface area (Å²) in [5.41, 5.74) is 5.68. The third-order valence-corrected chi connectivity index (χ3v) is 5.18. The molecular weight excluding hydrogens is 354 g/mol. The molecule has 1 aliphatic heterocycles. The number of carbonyl (C=O) groups excluding carboxylic acids is 1. The fraction of sp³-hybridized carbons (Fsp3) is 0.318. The largest absolute Gasteiger partial charge is 0.399 e. The molecule has 0 aromatic heterocycles. The average molecular weight is 377 g/mol. The molecule has 1 fully saturated rings. The first-order chi connectivity index (χ1) is 13.5. The van der Waals surface area contributed by atoms with Gasteiger partial charge in [-0.25, -0.2) is 0 Å². The van der Waals surface area contributed by atoms with Gasteiger partial charge in [-0.15, -0.1) is 0 Å². The van der Waals surface area contributed by atoms with E-state index in [9.17, 15) is 15.2 Å². The second kappa shape index (κ2) is 8.24. The highest BCUT2D eigenvalue weighted by molar-refractivity contribution is 6.01. The predicted octanol–water partition coefficient (Wildman–Crippen LogP) is 3.05. The Morgan fingerprint density at radius 2 is 2.14 bits per heavy atom. The van der Waals surface area contributed by atoms with Gasteiger partial charge in [0.05, 0.1) is 36.5 Å². The van der Waals surface area contributed by atoms with Gasteiger partial charge in [-0.3, -0.25) is 4.79 Å². The molecule has 0 spiro atoms. The summed E-state index contributed by atoms with van der Waals surface area (Å²) in [5.74, 6) is -0.132. The van der Waals surface area contributed by atoms with Crippen molar-refractivity contribution >= 4 is 11.6 Å². The molecule has 1 aliphatic rings. The number of aryl methyl sites for hydroxylation is 1. The number of nitriles is 1. The van der Waals surface area contributed by atoms with Crippen molar-refractivity contribution in [1.82, 2.24) is 4.90 Å². The van der Waals surface area contributed by atoms with Gasteiger partial charge >= 0.3 is 0 Å². The molecule has 1 saturated heterocycles. The lowest BCUT2D eigenvalue weighted by Gasteiger charge is -2.23. The zero-order valence-electron chi connectivity index (χ0n) is 16.3. The van der Waals surface area contributed by atoms with Crippen LogP contribution in [0.2, 0.25) is 0 Å². The quantitative estimate of drug-likeness (QED) is 0.830. The molecule has 2 aromatic rings. The maximum absolute atomic E-state index is 13.1. The van der Waals surface area contributed by atoms with E-state index in [2.05, 4.69) is 11.2 Å². The number of rotatable bonds is 4. The van der Waals surface area contributed by atoms with Crippen molar-refractivity contribution in [2.24, 2.45) is 5.16 Å². The third kappa shape index (κ3) is 3.62. The Bertz CT molecular complexity index is 975. The van der Waals surface area contributed by atoms with Crippen LogP contribution >= 0.6 is 0 Å². The fourth-order valence-electron chi connectivity index (χ4n) is 3.66. The lowest BCUT2D eigenvalue weighted by Crippen LogP contribution is -2.38. The van der Waals surface area contributed by atoms with Crippen LogP contribution in [-0.4, -0.2) is 47.9 Å². The van der Waals surface area contributed by atoms with Crippen LogP contribution in [0.5, 0.6) is 0 Å². The molecule has 1 N–H and O–H groups in total. The van der Waals surface area contributed by atoms with Crippen molar-refractivity contribution in [3.8, 4) is 17.2 Å². The van der Waals surface area contributed by atoms with Crippen molar-refractivity contribution in [2.45, 2.75) is 26.3 Å². The molecule has 0 radical (unpaired) electrons. The van der Waals surface area contributed by atoms with Crippen LogP contribution in [0.25, 0.3) is 11.1 Å². The number of carbonyl (C=O) groups is 1. The number of hydrogen-bond donors (Lipinski definition) is 1. The smallest absolute Gasteiger partial charge is 0.254 e. The van der Waals surface area contributed by atoms with E-state index >= 15 is 0 Å². The van der Waals surface area contributed by atoms with Crippen LogP contribution in [0.3, 0.4) is 0 Å². The summed E-state index contributed by atoms with van der Waals surface area (Å²) in [6, 6.07) is 13.2. The van der Waals surface area contributed by atoms with Crippen LogP contribution in [0.4, 0.5) is 0 Å². The molecular formula is C22H23N3O3. The number of nitrogens with zero attached hydrogens (tertiary/aromatic N) is 3. The van der Waals surface area contributed by atoms with Crippen LogP contribution in [-0.2, 0) is 4.84 Å². The van der Waals surface area contributed by atoms with Crippen molar-refractivity contribution in [3.63, 3.8) is 0 Å². The Labute approximate surface area is 164 Å². The molecule has 6 nitrogen and oxygen atoms in total. The second-order valence-electron chi connectivity index (χ2n) is 6.93. The number of benzene rings is 2. The Kier molecular flexibility index (Phi) is 5.76. The second-order valence-corrected chi connectivity index (χ2v) is 6.93. The van der Waals surface area contributed by atoms with E-state index in [1.54, 1.807) is 11.0 Å². The summed E-state index contributed by atoms with van der Waals surface area (Å²) < 4.78 is 0. The number of amides is 1. The molecule has 0 bridgehead atoms. The minimum atomic E-state index is -0.296. The molecule has 1 heterocycles. The Balaban J connectivity index is 1.92. The lowest BCUT2D eigenvalue weighted by molar-refractivity contribution is 0.0679. The minimum Gasteiger partial charge on any atom is -0.399 e. The minimum absolute atomic E-state index is 0.119. The van der Waals surface area contributed by atoms with Gasteiger partial charge in [0.2, 0.25) is 0 Å². The van der Waals surface area contributed by atoms with E-state index in [1.807, 2.05) is 44.2 Å². The van der Waals surface area contributed by atoms with Gasteiger partial charge in [-0.05, 0) is 48.2 Å². The standard InChI is InChI=1S/C22H23N3O3/c1-14-9-16(21-6-4-5-17(11-23)15(21)2)7-8-20(14)22(27)25-12-18(24-28-3)10-19(25)13-26/h4-9,19,26H,10,12-13H2,1-3H3/b24-18+/t19-/m0/s1. The van der Waals surface area contributed by atoms with Crippen LogP contribution in [0.1, 0.15) is 33.5 Å². The van der Waals surface area contributed by atoms with Crippen LogP contribution < -0.4 is 0 Å². The average Bonchev–Trinajstić information content (AvgIpc) is 3.11. The first-order valence-electron chi connectivity index (χ1n) is 9.11. The Hall–Kier alpha value is -3.17. The Morgan fingerprint density at radius 1 is 1.36 bits per heavy atom. The molecule has 1 atom stereocenters. The first kappa shape index (κ1) is 19.6. The van der Waals surface area contributed by atoms with E-state index in [4.69, 9.17) is 4.84 Å². The van der Waals surface area contributed by atoms with Gasteiger partial charge in [0.15, 0.2) is 0 Å². The fourth-order valence-corrected chi connectivity index (χ4v) is 3.66. The van der Waals surface area contributed by atoms with Gasteiger partial charge in [0.1, 0.15) is 7.11 Å². The van der Waals surface area contributed by atoms with Crippen LogP contribution in [0, 0.1) is 25.2 Å². The van der Waals surface area contributed by atoms with Gasteiger partial charge in [0.25, 0.3) is 5.91 Å². The highest BCUT2D eigenvalue weighted by Gasteiger charge is 2.33. The zero-order valence-corrected chi connectivity index (χ0v) is 16.3. The SMILES string of the molecule is CO/N=C1\C[C@@H](CO)N(C(=O)c2ccc(-c3cccc(C#N)c3C)cc2C)C1. The summed E-state index contributed by atoms with van der Waals surface area (Å²) in [5, 5.41) is 22.8. The Morgan fingerprint density at radius 3 is 2.79 bits per heavy atom. The van der Waals surface area contributed by atoms with E-state index in [0.29, 0.717) is 24.1 Å². The van der Waals surface area contributed by atoms with Crippen molar-refractivity contribution in [3.05, 3.63) is 58.7 Å². The maximum Gasteiger partial charge on any atom is 0.254 e. The highest BCUT2D eigenvalue weighted by Crippen LogP contribution is 2.28. The molecule has 0 aliphatic carbocycles. The highest BCUT2D eigenvalue weighted by atomic mass is 16.6. The van der Waals surface area contributed by atoms with E-state index in [-0.39, 0.29) is 18.6 Å². The van der Waals surface area contributed by atoms with Gasteiger partial charge < -0.3 is 14.8 Å². The number of likely N-dealkylation sites (tertiary alicyclic amines) is 1. The predicted molar refractivity (Wildman–Crippen MR) is 107 cm³/mol. The third-order valence-electron chi connectivity index (χ3n) is 5.18. The number of hydrogen-bond acceptors (Lipinski definition) is 5. The molecule has 28 heavy (non-hydrogen) atoms. The molecule has 0 unspecified atom stereocenters. The molecule has 6 heteroatoms. The number of aliphatic hydroxyl groups is 1. The van der Waals surface area contributed by atoms with E-state index in [0.717, 1.165) is 28.0 Å². The van der Waals surface area contributed by atoms with Crippen LogP contribution in [0.15, 0.2) is 41.6 Å². The van der Waals surface area contributed by atoms with Crippen molar-refractivity contribution in [2.75, 3.05) is 20.3 Å². The van der Waals surface area contributed by atoms with Crippen molar-refractivity contribution in [1.29, 1.82) is 5.26 Å². The number of oxime groups is 1. The van der Waals surface area contributed by atoms with E-state index in [1.165, 1.54) is 7.11 Å². The molecule has 144 valence electrons.